The lowest BCUT2D eigenvalue weighted by atomic mass is 9.44. The molecule has 0 saturated heterocycles. The molecule has 44 heavy (non-hydrogen) atoms. The lowest BCUT2D eigenvalue weighted by molar-refractivity contribution is -0.170. The summed E-state index contributed by atoms with van der Waals surface area (Å²) in [7, 11) is 1.40. The molecule has 0 bridgehead atoms. The number of carbonyl (C=O) groups excluding carboxylic acids is 3. The second-order valence-electron chi connectivity index (χ2n) is 14.3. The third-order valence-corrected chi connectivity index (χ3v) is 10.4. The van der Waals surface area contributed by atoms with Gasteiger partial charge in [0.05, 0.1) is 19.0 Å². The lowest BCUT2D eigenvalue weighted by Crippen LogP contribution is -2.60. The summed E-state index contributed by atoms with van der Waals surface area (Å²) in [6.45, 7) is 16.0. The molecule has 1 aliphatic heterocycles. The number of esters is 2. The second kappa shape index (κ2) is 14.4. The van der Waals surface area contributed by atoms with Gasteiger partial charge in [0.2, 0.25) is 0 Å². The minimum absolute atomic E-state index is 0.00339. The zero-order chi connectivity index (χ0) is 32.9. The first-order valence-electron chi connectivity index (χ1n) is 16.1. The van der Waals surface area contributed by atoms with Gasteiger partial charge >= 0.3 is 11.9 Å². The average molecular weight is 611 g/mol. The summed E-state index contributed by atoms with van der Waals surface area (Å²) < 4.78 is 15.7. The normalized spacial score (nSPS) is 31.9. The molecule has 2 saturated carbocycles. The van der Waals surface area contributed by atoms with Crippen molar-refractivity contribution in [2.75, 3.05) is 7.11 Å². The van der Waals surface area contributed by atoms with Gasteiger partial charge in [-0.25, -0.2) is 9.59 Å². The van der Waals surface area contributed by atoms with E-state index in [4.69, 9.17) is 14.2 Å². The van der Waals surface area contributed by atoms with E-state index in [1.54, 1.807) is 19.9 Å². The van der Waals surface area contributed by atoms with Gasteiger partial charge < -0.3 is 19.3 Å². The van der Waals surface area contributed by atoms with Crippen LogP contribution >= 0.6 is 0 Å². The molecule has 2 unspecified atom stereocenters. The van der Waals surface area contributed by atoms with Gasteiger partial charge in [-0.15, -0.1) is 0 Å². The van der Waals surface area contributed by atoms with Gasteiger partial charge in [-0.2, -0.15) is 0 Å². The molecule has 0 radical (unpaired) electrons. The van der Waals surface area contributed by atoms with Crippen LogP contribution in [0.2, 0.25) is 0 Å². The predicted octanol–water partition coefficient (Wildman–Crippen LogP) is 7.85. The first kappa shape index (κ1) is 35.5. The zero-order valence-electron chi connectivity index (χ0n) is 28.4. The number of Topliss-reactive ketones (excluding diaryl/α,β-unsaturated/α-hetero) is 1. The summed E-state index contributed by atoms with van der Waals surface area (Å²) in [6.07, 6.45) is 16.2. The number of hydrogen-bond acceptors (Lipinski definition) is 7. The molecule has 0 aromatic heterocycles. The van der Waals surface area contributed by atoms with Crippen LogP contribution in [0.4, 0.5) is 0 Å². The number of carbonyl (C=O) groups is 3. The van der Waals surface area contributed by atoms with Crippen LogP contribution in [-0.2, 0) is 28.6 Å². The van der Waals surface area contributed by atoms with E-state index in [0.29, 0.717) is 29.6 Å². The van der Waals surface area contributed by atoms with Crippen molar-refractivity contribution in [2.45, 2.75) is 125 Å². The third-order valence-electron chi connectivity index (χ3n) is 10.4. The van der Waals surface area contributed by atoms with Gasteiger partial charge in [-0.3, -0.25) is 4.79 Å². The van der Waals surface area contributed by atoms with E-state index in [9.17, 15) is 19.5 Å². The van der Waals surface area contributed by atoms with Crippen LogP contribution in [0.3, 0.4) is 0 Å². The number of fused-ring (bicyclic) bond motifs is 1. The molecule has 2 fully saturated rings. The molecule has 7 heteroatoms. The van der Waals surface area contributed by atoms with Gasteiger partial charge in [0, 0.05) is 28.2 Å². The Bertz CT molecular complexity index is 1260. The van der Waals surface area contributed by atoms with E-state index >= 15 is 0 Å². The van der Waals surface area contributed by atoms with Crippen LogP contribution in [-0.4, -0.2) is 41.8 Å². The molecule has 1 heterocycles. The van der Waals surface area contributed by atoms with Crippen molar-refractivity contribution >= 4 is 17.7 Å². The number of aliphatic hydroxyl groups is 1. The van der Waals surface area contributed by atoms with E-state index in [0.717, 1.165) is 44.9 Å². The van der Waals surface area contributed by atoms with Gasteiger partial charge in [-0.05, 0) is 110 Å². The molecule has 0 spiro atoms. The molecular weight excluding hydrogens is 556 g/mol. The van der Waals surface area contributed by atoms with Crippen LogP contribution in [0.25, 0.3) is 0 Å². The highest BCUT2D eigenvalue weighted by Gasteiger charge is 2.61. The highest BCUT2D eigenvalue weighted by atomic mass is 16.7. The molecular formula is C37H54O7. The van der Waals surface area contributed by atoms with Crippen LogP contribution in [0.5, 0.6) is 0 Å². The predicted molar refractivity (Wildman–Crippen MR) is 172 cm³/mol. The lowest BCUT2D eigenvalue weighted by Gasteiger charge is -2.60. The summed E-state index contributed by atoms with van der Waals surface area (Å²) in [6, 6.07) is 0. The first-order chi connectivity index (χ1) is 20.5. The molecule has 3 rings (SSSR count). The first-order valence-corrected chi connectivity index (χ1v) is 16.1. The number of cyclic esters (lactones) is 1. The molecule has 1 N–H and O–H groups in total. The number of ketones is 1. The summed E-state index contributed by atoms with van der Waals surface area (Å²) in [5, 5.41) is 11.7. The summed E-state index contributed by atoms with van der Waals surface area (Å²) in [5.41, 5.74) is 2.64. The monoisotopic (exact) mass is 610 g/mol. The topological polar surface area (TPSA) is 99.1 Å². The molecule has 0 aromatic rings. The molecule has 244 valence electrons. The largest absolute Gasteiger partial charge is 0.466 e. The fourth-order valence-corrected chi connectivity index (χ4v) is 7.85. The van der Waals surface area contributed by atoms with Crippen molar-refractivity contribution in [3.8, 4) is 0 Å². The molecule has 0 aromatic carbocycles. The quantitative estimate of drug-likeness (QED) is 0.104. The Kier molecular flexibility index (Phi) is 11.7. The van der Waals surface area contributed by atoms with Gasteiger partial charge in [0.15, 0.2) is 5.78 Å². The summed E-state index contributed by atoms with van der Waals surface area (Å²) in [4.78, 5) is 37.0. The third kappa shape index (κ3) is 8.21. The highest BCUT2D eigenvalue weighted by molar-refractivity contribution is 6.00. The number of hydrogen-bond donors (Lipinski definition) is 1. The minimum Gasteiger partial charge on any atom is -0.466 e. The smallest absolute Gasteiger partial charge is 0.336 e. The van der Waals surface area contributed by atoms with Gasteiger partial charge in [0.25, 0.3) is 6.29 Å². The Balaban J connectivity index is 1.65. The van der Waals surface area contributed by atoms with Crippen molar-refractivity contribution in [1.29, 1.82) is 0 Å². The van der Waals surface area contributed by atoms with E-state index in [2.05, 4.69) is 32.9 Å². The maximum absolute atomic E-state index is 13.7. The average Bonchev–Trinajstić information content (AvgIpc) is 3.27. The van der Waals surface area contributed by atoms with Gasteiger partial charge in [0.1, 0.15) is 0 Å². The van der Waals surface area contributed by atoms with Crippen LogP contribution < -0.4 is 0 Å². The summed E-state index contributed by atoms with van der Waals surface area (Å²) >= 11 is 0. The maximum Gasteiger partial charge on any atom is 0.336 e. The van der Waals surface area contributed by atoms with Crippen LogP contribution in [0.1, 0.15) is 113 Å². The Labute approximate surface area is 264 Å². The maximum atomic E-state index is 13.7. The number of allylic oxidation sites excluding steroid dienone is 6. The number of ether oxygens (including phenoxy) is 3. The molecule has 7 nitrogen and oxygen atoms in total. The Morgan fingerprint density at radius 3 is 2.23 bits per heavy atom. The SMILES string of the molecule is COC(=O)/C(C)=C/CC/C(C)=C/CC/C(C)=C/CC[C@@H]1[C@@]2(C)C/C(=C\OC3C=C(C)C(=O)O3)C(=O)C(C)(C)C2CC[C@@]1(C)O. The Hall–Kier alpha value is -2.93. The second-order valence-corrected chi connectivity index (χ2v) is 14.3. The fraction of sp³-hybridized carbons (Fsp3) is 0.649. The molecule has 5 atom stereocenters. The van der Waals surface area contributed by atoms with Crippen molar-refractivity contribution in [3.63, 3.8) is 0 Å². The molecule has 3 aliphatic rings. The minimum atomic E-state index is -0.837. The van der Waals surface area contributed by atoms with Crippen LogP contribution in [0, 0.1) is 22.7 Å². The van der Waals surface area contributed by atoms with Crippen LogP contribution in [0.15, 0.2) is 58.4 Å². The van der Waals surface area contributed by atoms with E-state index in [1.165, 1.54) is 24.5 Å². The molecule has 0 amide bonds. The van der Waals surface area contributed by atoms with Crippen molar-refractivity contribution in [2.24, 2.45) is 22.7 Å². The Morgan fingerprint density at radius 1 is 1.02 bits per heavy atom. The zero-order valence-corrected chi connectivity index (χ0v) is 28.4. The van der Waals surface area contributed by atoms with E-state index < -0.39 is 23.3 Å². The standard InChI is InChI=1S/C37H54O7/c1-24(15-11-17-26(3)33(39)42-9)13-10-14-25(2)16-12-18-30-36(7)22-28(23-43-31-21-27(4)34(40)44-31)32(38)35(5,6)29(36)19-20-37(30,8)41/h13,16-17,21,23,29-31,41H,10-12,14-15,18-20,22H2,1-9H3/b24-13+,25-16+,26-17+,28-23+/t29?,30-,31?,36+,37-/m1/s1. The Morgan fingerprint density at radius 2 is 1.64 bits per heavy atom. The van der Waals surface area contributed by atoms with E-state index in [-0.39, 0.29) is 29.0 Å². The van der Waals surface area contributed by atoms with Crippen molar-refractivity contribution in [1.82, 2.24) is 0 Å². The number of rotatable bonds is 12. The number of methoxy groups -OCH3 is 1. The van der Waals surface area contributed by atoms with E-state index in [1.807, 2.05) is 26.8 Å². The molecule has 2 aliphatic carbocycles. The fourth-order valence-electron chi connectivity index (χ4n) is 7.85. The highest BCUT2D eigenvalue weighted by Crippen LogP contribution is 2.63. The summed E-state index contributed by atoms with van der Waals surface area (Å²) in [5.74, 6) is -0.476. The van der Waals surface area contributed by atoms with Gasteiger partial charge in [-0.1, -0.05) is 50.1 Å². The van der Waals surface area contributed by atoms with Crippen molar-refractivity contribution < 1.29 is 33.7 Å². The van der Waals surface area contributed by atoms with Crippen molar-refractivity contribution in [3.05, 3.63) is 58.4 Å².